The molecule has 1 aliphatic heterocycles. The predicted molar refractivity (Wildman–Crippen MR) is 76.7 cm³/mol. The predicted octanol–water partition coefficient (Wildman–Crippen LogP) is 2.48. The zero-order valence-electron chi connectivity index (χ0n) is 11.6. The Balaban J connectivity index is 2.05. The lowest BCUT2D eigenvalue weighted by atomic mass is 10.0. The molecule has 1 atom stereocenters. The Morgan fingerprint density at radius 1 is 1.47 bits per heavy atom. The van der Waals surface area contributed by atoms with E-state index in [0.29, 0.717) is 6.04 Å². The fourth-order valence-electron chi connectivity index (χ4n) is 2.69. The minimum Gasteiger partial charge on any atom is -0.373 e. The fraction of sp³-hybridized carbons (Fsp3) is 0.571. The Kier molecular flexibility index (Phi) is 4.37. The zero-order valence-corrected chi connectivity index (χ0v) is 11.6. The second kappa shape index (κ2) is 6.02. The first-order chi connectivity index (χ1) is 9.08. The summed E-state index contributed by atoms with van der Waals surface area (Å²) in [7, 11) is 2.05. The third kappa shape index (κ3) is 3.44. The number of anilines is 1. The van der Waals surface area contributed by atoms with Gasteiger partial charge in [-0.3, -0.25) is 10.1 Å². The van der Waals surface area contributed by atoms with Crippen molar-refractivity contribution in [2.75, 3.05) is 25.0 Å². The van der Waals surface area contributed by atoms with Gasteiger partial charge < -0.3 is 10.2 Å². The van der Waals surface area contributed by atoms with Crippen LogP contribution in [-0.4, -0.2) is 31.1 Å². The summed E-state index contributed by atoms with van der Waals surface area (Å²) in [6.07, 6.45) is 3.75. The fourth-order valence-corrected chi connectivity index (χ4v) is 2.69. The highest BCUT2D eigenvalue weighted by atomic mass is 16.6. The van der Waals surface area contributed by atoms with Crippen molar-refractivity contribution in [2.24, 2.45) is 0 Å². The van der Waals surface area contributed by atoms with Gasteiger partial charge in [0, 0.05) is 37.5 Å². The van der Waals surface area contributed by atoms with Crippen LogP contribution < -0.4 is 10.2 Å². The minimum absolute atomic E-state index is 0.158. The van der Waals surface area contributed by atoms with Crippen LogP contribution >= 0.6 is 0 Å². The number of aryl methyl sites for hydroxylation is 1. The summed E-state index contributed by atoms with van der Waals surface area (Å²) in [6.45, 7) is 3.96. The lowest BCUT2D eigenvalue weighted by Gasteiger charge is -2.30. The number of benzene rings is 1. The van der Waals surface area contributed by atoms with Crippen molar-refractivity contribution in [1.82, 2.24) is 5.32 Å². The van der Waals surface area contributed by atoms with Crippen molar-refractivity contribution in [3.05, 3.63) is 33.9 Å². The maximum Gasteiger partial charge on any atom is 0.269 e. The Hall–Kier alpha value is -1.62. The maximum absolute atomic E-state index is 10.7. The molecule has 1 aromatic rings. The van der Waals surface area contributed by atoms with Gasteiger partial charge in [-0.25, -0.2) is 0 Å². The SMILES string of the molecule is Cc1cc([N+](=O)[O-])ccc1N(C)CC1CCCCN1. The second-order valence-electron chi connectivity index (χ2n) is 5.26. The highest BCUT2D eigenvalue weighted by Crippen LogP contribution is 2.24. The summed E-state index contributed by atoms with van der Waals surface area (Å²) in [5.41, 5.74) is 2.18. The Morgan fingerprint density at radius 2 is 2.26 bits per heavy atom. The van der Waals surface area contributed by atoms with Crippen molar-refractivity contribution in [2.45, 2.75) is 32.2 Å². The topological polar surface area (TPSA) is 58.4 Å². The number of rotatable bonds is 4. The lowest BCUT2D eigenvalue weighted by Crippen LogP contribution is -2.42. The van der Waals surface area contributed by atoms with Gasteiger partial charge >= 0.3 is 0 Å². The van der Waals surface area contributed by atoms with E-state index in [1.165, 1.54) is 19.3 Å². The van der Waals surface area contributed by atoms with Gasteiger partial charge in [0.05, 0.1) is 4.92 Å². The van der Waals surface area contributed by atoms with Crippen LogP contribution in [0.15, 0.2) is 18.2 Å². The Morgan fingerprint density at radius 3 is 2.84 bits per heavy atom. The highest BCUT2D eigenvalue weighted by molar-refractivity contribution is 5.57. The molecular weight excluding hydrogens is 242 g/mol. The average Bonchev–Trinajstić information content (AvgIpc) is 2.39. The first-order valence-corrected chi connectivity index (χ1v) is 6.77. The van der Waals surface area contributed by atoms with E-state index in [1.807, 2.05) is 20.0 Å². The summed E-state index contributed by atoms with van der Waals surface area (Å²) in [4.78, 5) is 12.6. The number of hydrogen-bond acceptors (Lipinski definition) is 4. The summed E-state index contributed by atoms with van der Waals surface area (Å²) in [5.74, 6) is 0. The smallest absolute Gasteiger partial charge is 0.269 e. The van der Waals surface area contributed by atoms with Gasteiger partial charge in [0.2, 0.25) is 0 Å². The summed E-state index contributed by atoms with van der Waals surface area (Å²) in [5, 5.41) is 14.3. The molecule has 0 aliphatic carbocycles. The van der Waals surface area contributed by atoms with E-state index in [9.17, 15) is 10.1 Å². The number of likely N-dealkylation sites (N-methyl/N-ethyl adjacent to an activating group) is 1. The van der Waals surface area contributed by atoms with Gasteiger partial charge in [0.15, 0.2) is 0 Å². The van der Waals surface area contributed by atoms with Crippen LogP contribution in [0.25, 0.3) is 0 Å². The van der Waals surface area contributed by atoms with E-state index < -0.39 is 0 Å². The molecule has 5 heteroatoms. The molecular formula is C14H21N3O2. The molecule has 0 spiro atoms. The average molecular weight is 263 g/mol. The van der Waals surface area contributed by atoms with Crippen molar-refractivity contribution >= 4 is 11.4 Å². The van der Waals surface area contributed by atoms with E-state index in [2.05, 4.69) is 10.2 Å². The second-order valence-corrected chi connectivity index (χ2v) is 5.26. The van der Waals surface area contributed by atoms with Crippen molar-refractivity contribution in [3.63, 3.8) is 0 Å². The number of nitro groups is 1. The van der Waals surface area contributed by atoms with Crippen LogP contribution in [0.1, 0.15) is 24.8 Å². The van der Waals surface area contributed by atoms with Gasteiger partial charge in [0.25, 0.3) is 5.69 Å². The monoisotopic (exact) mass is 263 g/mol. The quantitative estimate of drug-likeness (QED) is 0.669. The third-order valence-electron chi connectivity index (χ3n) is 3.71. The van der Waals surface area contributed by atoms with Gasteiger partial charge in [0.1, 0.15) is 0 Å². The molecule has 0 saturated carbocycles. The molecule has 1 saturated heterocycles. The molecule has 19 heavy (non-hydrogen) atoms. The molecule has 104 valence electrons. The Bertz CT molecular complexity index is 456. The lowest BCUT2D eigenvalue weighted by molar-refractivity contribution is -0.384. The number of piperidine rings is 1. The molecule has 5 nitrogen and oxygen atoms in total. The highest BCUT2D eigenvalue weighted by Gasteiger charge is 2.16. The van der Waals surface area contributed by atoms with E-state index in [1.54, 1.807) is 12.1 Å². The zero-order chi connectivity index (χ0) is 13.8. The van der Waals surface area contributed by atoms with E-state index in [-0.39, 0.29) is 10.6 Å². The van der Waals surface area contributed by atoms with E-state index >= 15 is 0 Å². The molecule has 1 fully saturated rings. The van der Waals surface area contributed by atoms with Crippen LogP contribution in [0, 0.1) is 17.0 Å². The molecule has 1 unspecified atom stereocenters. The van der Waals surface area contributed by atoms with Gasteiger partial charge in [-0.15, -0.1) is 0 Å². The van der Waals surface area contributed by atoms with Crippen LogP contribution in [-0.2, 0) is 0 Å². The molecule has 2 rings (SSSR count). The number of nitro benzene ring substituents is 1. The molecule has 1 aromatic carbocycles. The van der Waals surface area contributed by atoms with Gasteiger partial charge in [-0.1, -0.05) is 6.42 Å². The first kappa shape index (κ1) is 13.8. The number of hydrogen-bond donors (Lipinski definition) is 1. The normalized spacial score (nSPS) is 19.2. The molecule has 0 radical (unpaired) electrons. The van der Waals surface area contributed by atoms with Gasteiger partial charge in [-0.2, -0.15) is 0 Å². The maximum atomic E-state index is 10.7. The molecule has 1 heterocycles. The largest absolute Gasteiger partial charge is 0.373 e. The molecule has 0 amide bonds. The van der Waals surface area contributed by atoms with Crippen LogP contribution in [0.3, 0.4) is 0 Å². The van der Waals surface area contributed by atoms with Crippen LogP contribution in [0.5, 0.6) is 0 Å². The third-order valence-corrected chi connectivity index (χ3v) is 3.71. The van der Waals surface area contributed by atoms with Crippen molar-refractivity contribution < 1.29 is 4.92 Å². The first-order valence-electron chi connectivity index (χ1n) is 6.77. The number of nitrogens with one attached hydrogen (secondary N) is 1. The van der Waals surface area contributed by atoms with E-state index in [4.69, 9.17) is 0 Å². The molecule has 0 aromatic heterocycles. The van der Waals surface area contributed by atoms with Crippen LogP contribution in [0.4, 0.5) is 11.4 Å². The molecule has 1 N–H and O–H groups in total. The van der Waals surface area contributed by atoms with Crippen molar-refractivity contribution in [1.29, 1.82) is 0 Å². The number of nitrogens with zero attached hydrogens (tertiary/aromatic N) is 2. The van der Waals surface area contributed by atoms with E-state index in [0.717, 1.165) is 24.3 Å². The minimum atomic E-state index is -0.348. The summed E-state index contributed by atoms with van der Waals surface area (Å²) >= 11 is 0. The van der Waals surface area contributed by atoms with Crippen LogP contribution in [0.2, 0.25) is 0 Å². The molecule has 1 aliphatic rings. The summed E-state index contributed by atoms with van der Waals surface area (Å²) < 4.78 is 0. The van der Waals surface area contributed by atoms with Gasteiger partial charge in [-0.05, 0) is 37.9 Å². The Labute approximate surface area is 113 Å². The number of non-ortho nitro benzene ring substituents is 1. The molecule has 0 bridgehead atoms. The standard InChI is InChI=1S/C14H21N3O2/c1-11-9-13(17(18)19)6-7-14(11)16(2)10-12-5-3-4-8-15-12/h6-7,9,12,15H,3-5,8,10H2,1-2H3. The summed E-state index contributed by atoms with van der Waals surface area (Å²) in [6, 6.07) is 5.58. The van der Waals surface area contributed by atoms with Crippen molar-refractivity contribution in [3.8, 4) is 0 Å².